The molecule has 0 aliphatic rings. The molecule has 42 heavy (non-hydrogen) atoms. The molecule has 240 valence electrons. The highest BCUT2D eigenvalue weighted by Gasteiger charge is 2.12. The molecule has 0 spiro atoms. The fourth-order valence-corrected chi connectivity index (χ4v) is 4.75. The molecular formula is C36H63N3O2S. The molecule has 0 fully saturated rings. The third-order valence-electron chi connectivity index (χ3n) is 6.24. The van der Waals surface area contributed by atoms with E-state index < -0.39 is 0 Å². The summed E-state index contributed by atoms with van der Waals surface area (Å²) in [4.78, 5) is 34.2. The molecule has 3 aromatic heterocycles. The minimum atomic E-state index is 0.00917. The number of aromatic nitrogens is 3. The molecule has 3 aromatic rings. The van der Waals surface area contributed by atoms with E-state index in [-0.39, 0.29) is 11.1 Å². The Morgan fingerprint density at radius 3 is 1.12 bits per heavy atom. The van der Waals surface area contributed by atoms with Gasteiger partial charge in [-0.1, -0.05) is 111 Å². The zero-order valence-corrected chi connectivity index (χ0v) is 30.8. The van der Waals surface area contributed by atoms with E-state index in [0.717, 1.165) is 22.5 Å². The second-order valence-electron chi connectivity index (χ2n) is 11.9. The minimum absolute atomic E-state index is 0.00917. The molecule has 0 saturated carbocycles. The van der Waals surface area contributed by atoms with Gasteiger partial charge < -0.3 is 9.97 Å². The van der Waals surface area contributed by atoms with Crippen molar-refractivity contribution in [3.05, 3.63) is 83.1 Å². The molecule has 3 rings (SSSR count). The molecule has 0 amide bonds. The molecule has 0 radical (unpaired) electrons. The second kappa shape index (κ2) is 21.3. The van der Waals surface area contributed by atoms with Crippen molar-refractivity contribution in [3.63, 3.8) is 0 Å². The lowest BCUT2D eigenvalue weighted by molar-refractivity contribution is 0.788. The van der Waals surface area contributed by atoms with Crippen LogP contribution in [0.4, 0.5) is 0 Å². The van der Waals surface area contributed by atoms with E-state index in [1.54, 1.807) is 12.1 Å². The number of H-pyrrole nitrogens is 2. The summed E-state index contributed by atoms with van der Waals surface area (Å²) < 4.78 is 0. The number of aromatic amines is 2. The van der Waals surface area contributed by atoms with Gasteiger partial charge in [-0.3, -0.25) is 9.59 Å². The lowest BCUT2D eigenvalue weighted by Crippen LogP contribution is -2.10. The van der Waals surface area contributed by atoms with Crippen LogP contribution in [0.1, 0.15) is 184 Å². The van der Waals surface area contributed by atoms with Crippen molar-refractivity contribution >= 4 is 11.3 Å². The predicted octanol–water partition coefficient (Wildman–Crippen LogP) is 11.0. The van der Waals surface area contributed by atoms with Gasteiger partial charge in [0.15, 0.2) is 0 Å². The zero-order chi connectivity index (χ0) is 33.3. The van der Waals surface area contributed by atoms with E-state index in [2.05, 4.69) is 117 Å². The van der Waals surface area contributed by atoms with Crippen LogP contribution in [0.5, 0.6) is 0 Å². The van der Waals surface area contributed by atoms with Gasteiger partial charge in [0.25, 0.3) is 0 Å². The fourth-order valence-electron chi connectivity index (χ4n) is 3.67. The minimum Gasteiger partial charge on any atom is -0.326 e. The summed E-state index contributed by atoms with van der Waals surface area (Å²) in [7, 11) is 0. The average molecular weight is 602 g/mol. The number of nitrogens with one attached hydrogen (secondary N) is 2. The number of nitrogens with zero attached hydrogens (tertiary/aromatic N) is 1. The highest BCUT2D eigenvalue weighted by Crippen LogP contribution is 2.28. The van der Waals surface area contributed by atoms with Crippen LogP contribution in [0.3, 0.4) is 0 Å². The van der Waals surface area contributed by atoms with Crippen molar-refractivity contribution in [2.24, 2.45) is 0 Å². The van der Waals surface area contributed by atoms with Gasteiger partial charge in [-0.15, -0.1) is 11.3 Å². The molecule has 0 aliphatic heterocycles. The van der Waals surface area contributed by atoms with Crippen molar-refractivity contribution in [3.8, 4) is 0 Å². The molecule has 0 atom stereocenters. The van der Waals surface area contributed by atoms with Gasteiger partial charge in [-0.25, -0.2) is 4.98 Å². The first kappa shape index (κ1) is 41.7. The molecule has 6 heteroatoms. The molecule has 0 unspecified atom stereocenters. The number of pyridine rings is 2. The van der Waals surface area contributed by atoms with Crippen LogP contribution in [0.15, 0.2) is 33.9 Å². The number of aryl methyl sites for hydroxylation is 1. The quantitative estimate of drug-likeness (QED) is 0.295. The lowest BCUT2D eigenvalue weighted by atomic mass is 10.0. The average Bonchev–Trinajstić information content (AvgIpc) is 3.33. The van der Waals surface area contributed by atoms with Crippen molar-refractivity contribution in [2.45, 2.75) is 153 Å². The molecular weight excluding hydrogens is 538 g/mol. The summed E-state index contributed by atoms with van der Waals surface area (Å²) in [5, 5.41) is 1.27. The number of hydrogen-bond acceptors (Lipinski definition) is 4. The van der Waals surface area contributed by atoms with Crippen LogP contribution in [0.2, 0.25) is 0 Å². The maximum atomic E-state index is 11.3. The Bertz CT molecular complexity index is 1120. The van der Waals surface area contributed by atoms with E-state index in [0.29, 0.717) is 35.5 Å². The van der Waals surface area contributed by atoms with Crippen LogP contribution < -0.4 is 11.1 Å². The highest BCUT2D eigenvalue weighted by atomic mass is 32.1. The number of thiazole rings is 1. The van der Waals surface area contributed by atoms with Crippen LogP contribution in [-0.4, -0.2) is 15.0 Å². The van der Waals surface area contributed by atoms with E-state index in [4.69, 9.17) is 0 Å². The number of rotatable bonds is 6. The molecule has 0 aromatic carbocycles. The Morgan fingerprint density at radius 2 is 0.905 bits per heavy atom. The molecule has 0 aliphatic carbocycles. The second-order valence-corrected chi connectivity index (χ2v) is 13.1. The monoisotopic (exact) mass is 601 g/mol. The third kappa shape index (κ3) is 15.1. The van der Waals surface area contributed by atoms with Crippen molar-refractivity contribution in [1.29, 1.82) is 0 Å². The number of hydrogen-bond donors (Lipinski definition) is 2. The van der Waals surface area contributed by atoms with E-state index in [1.165, 1.54) is 15.6 Å². The predicted molar refractivity (Wildman–Crippen MR) is 188 cm³/mol. The normalized spacial score (nSPS) is 10.5. The first-order valence-electron chi connectivity index (χ1n) is 16.0. The summed E-state index contributed by atoms with van der Waals surface area (Å²) >= 11 is 1.84. The van der Waals surface area contributed by atoms with Crippen LogP contribution in [-0.2, 0) is 0 Å². The zero-order valence-electron chi connectivity index (χ0n) is 29.9. The third-order valence-corrected chi connectivity index (χ3v) is 7.53. The van der Waals surface area contributed by atoms with Crippen molar-refractivity contribution in [1.82, 2.24) is 15.0 Å². The first-order chi connectivity index (χ1) is 19.5. The Labute approximate surface area is 262 Å². The lowest BCUT2D eigenvalue weighted by Gasteiger charge is -2.09. The highest BCUT2D eigenvalue weighted by molar-refractivity contribution is 7.11. The van der Waals surface area contributed by atoms with Gasteiger partial charge in [0.2, 0.25) is 11.1 Å². The van der Waals surface area contributed by atoms with Gasteiger partial charge in [-0.2, -0.15) is 0 Å². The van der Waals surface area contributed by atoms with E-state index in [1.807, 2.05) is 39.0 Å². The molecule has 2 N–H and O–H groups in total. The fraction of sp³-hybridized carbons (Fsp3) is 0.639. The van der Waals surface area contributed by atoms with Crippen molar-refractivity contribution in [2.75, 3.05) is 0 Å². The summed E-state index contributed by atoms with van der Waals surface area (Å²) in [5.41, 5.74) is 5.58. The molecule has 0 bridgehead atoms. The van der Waals surface area contributed by atoms with Crippen molar-refractivity contribution < 1.29 is 0 Å². The van der Waals surface area contributed by atoms with Gasteiger partial charge in [0.1, 0.15) is 0 Å². The van der Waals surface area contributed by atoms with E-state index in [9.17, 15) is 9.59 Å². The maximum Gasteiger partial charge on any atom is 0.248 e. The largest absolute Gasteiger partial charge is 0.326 e. The Morgan fingerprint density at radius 1 is 0.548 bits per heavy atom. The summed E-state index contributed by atoms with van der Waals surface area (Å²) in [6.07, 6.45) is 0. The maximum absolute atomic E-state index is 11.3. The summed E-state index contributed by atoms with van der Waals surface area (Å²) in [6.45, 7) is 35.7. The van der Waals surface area contributed by atoms with Crippen LogP contribution >= 0.6 is 11.3 Å². The van der Waals surface area contributed by atoms with Gasteiger partial charge in [0.05, 0.1) is 10.7 Å². The van der Waals surface area contributed by atoms with Gasteiger partial charge in [-0.05, 0) is 59.8 Å². The topological polar surface area (TPSA) is 78.6 Å². The first-order valence-corrected chi connectivity index (χ1v) is 16.8. The van der Waals surface area contributed by atoms with Crippen LogP contribution in [0, 0.1) is 6.92 Å². The Balaban J connectivity index is 0. The molecule has 5 nitrogen and oxygen atoms in total. The van der Waals surface area contributed by atoms with E-state index >= 15 is 0 Å². The van der Waals surface area contributed by atoms with Gasteiger partial charge >= 0.3 is 0 Å². The summed E-state index contributed by atoms with van der Waals surface area (Å²) in [6, 6.07) is 7.51. The molecule has 3 heterocycles. The Hall–Kier alpha value is -2.47. The molecule has 0 saturated heterocycles. The SMILES string of the molecule is CC.CC.CC(C)c1cc(C(C)C)[nH]c(=O)c1.CC(C)c1cc(C(C)C)[nH]c(=O)c1.Cc1sc(C(C)C)nc1C(C)C. The van der Waals surface area contributed by atoms with Crippen LogP contribution in [0.25, 0.3) is 0 Å². The standard InChI is InChI=1S/2C11H17NO.C10H17NS.2C2H6/c2*1-7(2)9-5-10(8(3)4)12-11(13)6-9;1-6(2)9-8(5)12-10(11-9)7(3)4;2*1-2/h2*5-8H,1-4H3,(H,12,13);6-7H,1-5H3;2*1-2H3. The van der Waals surface area contributed by atoms with Gasteiger partial charge in [0, 0.05) is 34.3 Å². The Kier molecular flexibility index (Phi) is 21.1. The smallest absolute Gasteiger partial charge is 0.248 e. The summed E-state index contributed by atoms with van der Waals surface area (Å²) in [5.74, 6) is 2.73.